The van der Waals surface area contributed by atoms with Gasteiger partial charge in [0.05, 0.1) is 34.5 Å². The highest BCUT2D eigenvalue weighted by Gasteiger charge is 2.17. The highest BCUT2D eigenvalue weighted by atomic mass is 32.2. The van der Waals surface area contributed by atoms with Gasteiger partial charge in [-0.05, 0) is 72.0 Å². The number of carbonyl (C=O) groups excluding carboxylic acids is 1. The summed E-state index contributed by atoms with van der Waals surface area (Å²) >= 11 is 0. The van der Waals surface area contributed by atoms with E-state index in [0.29, 0.717) is 40.1 Å². The third-order valence-electron chi connectivity index (χ3n) is 7.43. The zero-order valence-electron chi connectivity index (χ0n) is 24.3. The lowest BCUT2D eigenvalue weighted by molar-refractivity contribution is -0.116. The van der Waals surface area contributed by atoms with Crippen LogP contribution in [0.4, 0.5) is 10.1 Å². The molecule has 0 fully saturated rings. The van der Waals surface area contributed by atoms with E-state index in [1.54, 1.807) is 12.4 Å². The van der Waals surface area contributed by atoms with Crippen molar-refractivity contribution in [3.8, 4) is 33.8 Å². The van der Waals surface area contributed by atoms with Gasteiger partial charge in [-0.15, -0.1) is 0 Å². The maximum Gasteiger partial charge on any atom is 0.224 e. The van der Waals surface area contributed by atoms with Crippen LogP contribution in [0.15, 0.2) is 73.1 Å². The summed E-state index contributed by atoms with van der Waals surface area (Å²) in [7, 11) is -3.18. The highest BCUT2D eigenvalue weighted by molar-refractivity contribution is 7.90. The number of fused-ring (bicyclic) bond motifs is 2. The van der Waals surface area contributed by atoms with E-state index < -0.39 is 15.7 Å². The number of nitrogens with one attached hydrogen (secondary N) is 3. The predicted molar refractivity (Wildman–Crippen MR) is 171 cm³/mol. The molecule has 4 heterocycles. The van der Waals surface area contributed by atoms with Crippen molar-refractivity contribution < 1.29 is 17.6 Å². The minimum absolute atomic E-state index is 0.0483. The van der Waals surface area contributed by atoms with Crippen molar-refractivity contribution in [2.75, 3.05) is 17.3 Å². The van der Waals surface area contributed by atoms with Crippen LogP contribution in [0.1, 0.15) is 31.7 Å². The Balaban J connectivity index is 1.35. The molecule has 3 N–H and O–H groups in total. The third kappa shape index (κ3) is 6.37. The van der Waals surface area contributed by atoms with Gasteiger partial charge in [0.2, 0.25) is 5.91 Å². The molecule has 0 aliphatic carbocycles. The number of hydrogen-bond acceptors (Lipinski definition) is 6. The molecule has 9 nitrogen and oxygen atoms in total. The molecule has 2 aromatic carbocycles. The second-order valence-electron chi connectivity index (χ2n) is 11.0. The smallest absolute Gasteiger partial charge is 0.224 e. The van der Waals surface area contributed by atoms with Crippen LogP contribution in [0.5, 0.6) is 0 Å². The standard InChI is InChI=1S/C33H31FN6O3S/c1-3-4-8-31(41)36-24-16-22(18-35-19-24)27-9-10-29-32(38-27)33(40-39-29)30-17-26-25(6-5-7-28(26)37-30)21-13-20(14-23(34)15-21)11-12-44(2,42)43/h5-7,9-10,13-19,37H,3-4,8,11-12H2,1-2H3,(H,36,41)(H,39,40). The topological polar surface area (TPSA) is 133 Å². The molecule has 6 rings (SSSR count). The summed E-state index contributed by atoms with van der Waals surface area (Å²) < 4.78 is 38.0. The lowest BCUT2D eigenvalue weighted by atomic mass is 9.98. The molecule has 0 aliphatic rings. The van der Waals surface area contributed by atoms with Gasteiger partial charge in [0.15, 0.2) is 0 Å². The summed E-state index contributed by atoms with van der Waals surface area (Å²) in [5.74, 6) is -0.524. The first-order valence-electron chi connectivity index (χ1n) is 14.4. The van der Waals surface area contributed by atoms with Crippen LogP contribution < -0.4 is 5.32 Å². The maximum atomic E-state index is 14.6. The van der Waals surface area contributed by atoms with Crippen LogP contribution in [0.3, 0.4) is 0 Å². The van der Waals surface area contributed by atoms with Crippen LogP contribution in [0, 0.1) is 5.82 Å². The number of aromatic nitrogens is 5. The lowest BCUT2D eigenvalue weighted by Gasteiger charge is -2.08. The molecule has 6 aromatic rings. The number of pyridine rings is 2. The fourth-order valence-corrected chi connectivity index (χ4v) is 5.85. The Morgan fingerprint density at radius 1 is 1.00 bits per heavy atom. The van der Waals surface area contributed by atoms with Crippen molar-refractivity contribution >= 4 is 43.4 Å². The van der Waals surface area contributed by atoms with Gasteiger partial charge in [-0.1, -0.05) is 31.5 Å². The summed E-state index contributed by atoms with van der Waals surface area (Å²) in [6, 6.07) is 18.0. The summed E-state index contributed by atoms with van der Waals surface area (Å²) in [6.07, 6.45) is 6.95. The second kappa shape index (κ2) is 12.0. The first-order valence-corrected chi connectivity index (χ1v) is 16.4. The minimum atomic E-state index is -3.18. The van der Waals surface area contributed by atoms with Gasteiger partial charge in [0, 0.05) is 35.3 Å². The van der Waals surface area contributed by atoms with Gasteiger partial charge >= 0.3 is 0 Å². The number of aryl methyl sites for hydroxylation is 1. The average Bonchev–Trinajstić information content (AvgIpc) is 3.62. The SMILES string of the molecule is CCCCC(=O)Nc1cncc(-c2ccc3[nH]nc(-c4cc5c(-c6cc(F)cc(CCS(C)(=O)=O)c6)cccc5[nH]4)c3n2)c1. The largest absolute Gasteiger partial charge is 0.353 e. The van der Waals surface area contributed by atoms with Gasteiger partial charge in [0.1, 0.15) is 26.9 Å². The van der Waals surface area contributed by atoms with Crippen LogP contribution in [0.2, 0.25) is 0 Å². The molecule has 0 atom stereocenters. The van der Waals surface area contributed by atoms with Gasteiger partial charge in [0.25, 0.3) is 0 Å². The number of aromatic amines is 2. The van der Waals surface area contributed by atoms with Crippen molar-refractivity contribution in [2.45, 2.75) is 32.6 Å². The monoisotopic (exact) mass is 610 g/mol. The van der Waals surface area contributed by atoms with E-state index in [2.05, 4.69) is 25.5 Å². The average molecular weight is 611 g/mol. The summed E-state index contributed by atoms with van der Waals surface area (Å²) in [5.41, 5.74) is 7.71. The van der Waals surface area contributed by atoms with Crippen LogP contribution >= 0.6 is 0 Å². The van der Waals surface area contributed by atoms with Crippen molar-refractivity contribution in [1.29, 1.82) is 0 Å². The fraction of sp³-hybridized carbons (Fsp3) is 0.212. The molecule has 1 amide bonds. The first-order chi connectivity index (χ1) is 21.2. The Kier molecular flexibility index (Phi) is 7.96. The Bertz CT molecular complexity index is 2120. The van der Waals surface area contributed by atoms with Gasteiger partial charge < -0.3 is 10.3 Å². The van der Waals surface area contributed by atoms with E-state index in [9.17, 15) is 17.6 Å². The van der Waals surface area contributed by atoms with Crippen molar-refractivity contribution in [3.05, 3.63) is 84.4 Å². The number of carbonyl (C=O) groups is 1. The van der Waals surface area contributed by atoms with Crippen LogP contribution in [0.25, 0.3) is 55.7 Å². The molecule has 0 radical (unpaired) electrons. The van der Waals surface area contributed by atoms with Crippen molar-refractivity contribution in [3.63, 3.8) is 0 Å². The Morgan fingerprint density at radius 3 is 2.68 bits per heavy atom. The molecular formula is C33H31FN6O3S. The number of H-pyrrole nitrogens is 2. The Hall–Kier alpha value is -4.90. The maximum absolute atomic E-state index is 14.6. The number of unbranched alkanes of at least 4 members (excludes halogenated alkanes) is 1. The number of benzene rings is 2. The number of halogens is 1. The summed E-state index contributed by atoms with van der Waals surface area (Å²) in [5, 5.41) is 11.4. The molecule has 0 spiro atoms. The number of amides is 1. The van der Waals surface area contributed by atoms with E-state index in [4.69, 9.17) is 4.98 Å². The van der Waals surface area contributed by atoms with Gasteiger partial charge in [-0.3, -0.25) is 14.9 Å². The van der Waals surface area contributed by atoms with E-state index >= 15 is 0 Å². The number of sulfone groups is 1. The lowest BCUT2D eigenvalue weighted by Crippen LogP contribution is -2.11. The number of nitrogens with zero attached hydrogens (tertiary/aromatic N) is 3. The molecule has 0 unspecified atom stereocenters. The molecule has 224 valence electrons. The van der Waals surface area contributed by atoms with Crippen molar-refractivity contribution in [1.82, 2.24) is 25.1 Å². The zero-order valence-corrected chi connectivity index (χ0v) is 25.1. The van der Waals surface area contributed by atoms with Crippen molar-refractivity contribution in [2.24, 2.45) is 0 Å². The van der Waals surface area contributed by atoms with E-state index in [0.717, 1.165) is 46.1 Å². The molecule has 0 aliphatic heterocycles. The Labute approximate surface area is 253 Å². The van der Waals surface area contributed by atoms with Gasteiger partial charge in [-0.2, -0.15) is 5.10 Å². The summed E-state index contributed by atoms with van der Waals surface area (Å²) in [6.45, 7) is 2.04. The quantitative estimate of drug-likeness (QED) is 0.158. The normalized spacial score (nSPS) is 11.8. The summed E-state index contributed by atoms with van der Waals surface area (Å²) in [4.78, 5) is 24.9. The second-order valence-corrected chi connectivity index (χ2v) is 13.2. The van der Waals surface area contributed by atoms with Crippen LogP contribution in [-0.2, 0) is 21.1 Å². The molecule has 0 saturated carbocycles. The highest BCUT2D eigenvalue weighted by Crippen LogP contribution is 2.35. The molecule has 11 heteroatoms. The number of hydrogen-bond donors (Lipinski definition) is 3. The van der Waals surface area contributed by atoms with E-state index in [1.807, 2.05) is 55.5 Å². The molecule has 0 bridgehead atoms. The number of anilines is 1. The van der Waals surface area contributed by atoms with E-state index in [1.165, 1.54) is 18.4 Å². The van der Waals surface area contributed by atoms with Crippen LogP contribution in [-0.4, -0.2) is 51.5 Å². The first kappa shape index (κ1) is 29.2. The molecule has 0 saturated heterocycles. The molecule has 4 aromatic heterocycles. The van der Waals surface area contributed by atoms with Gasteiger partial charge in [-0.25, -0.2) is 17.8 Å². The number of rotatable bonds is 10. The predicted octanol–water partition coefficient (Wildman–Crippen LogP) is 6.69. The third-order valence-corrected chi connectivity index (χ3v) is 8.38. The minimum Gasteiger partial charge on any atom is -0.353 e. The molecule has 44 heavy (non-hydrogen) atoms. The zero-order chi connectivity index (χ0) is 30.8. The van der Waals surface area contributed by atoms with E-state index in [-0.39, 0.29) is 18.1 Å². The molecular weight excluding hydrogens is 579 g/mol. The fourth-order valence-electron chi connectivity index (χ4n) is 5.24. The Morgan fingerprint density at radius 2 is 1.86 bits per heavy atom.